The fourth-order valence-electron chi connectivity index (χ4n) is 1.79. The molecule has 1 atom stereocenters. The van der Waals surface area contributed by atoms with E-state index in [4.69, 9.17) is 27.6 Å². The van der Waals surface area contributed by atoms with Gasteiger partial charge < -0.3 is 15.1 Å². The molecule has 1 heterocycles. The molecule has 2 aromatic rings. The first-order chi connectivity index (χ1) is 9.54. The number of carbonyl (C=O) groups excluding carboxylic acids is 1. The number of furan rings is 1. The van der Waals surface area contributed by atoms with Gasteiger partial charge in [-0.3, -0.25) is 4.79 Å². The summed E-state index contributed by atoms with van der Waals surface area (Å²) in [6.45, 7) is 2.26. The highest BCUT2D eigenvalue weighted by molar-refractivity contribution is 6.35. The second kappa shape index (κ2) is 6.79. The number of halogens is 2. The summed E-state index contributed by atoms with van der Waals surface area (Å²) in [7, 11) is 0. The summed E-state index contributed by atoms with van der Waals surface area (Å²) in [5.41, 5.74) is 0.589. The molecule has 4 nitrogen and oxygen atoms in total. The van der Waals surface area contributed by atoms with E-state index in [9.17, 15) is 4.79 Å². The molecular formula is C14H15Cl2N2O2+. The van der Waals surface area contributed by atoms with Gasteiger partial charge in [-0.05, 0) is 37.3 Å². The smallest absolute Gasteiger partial charge is 0.279 e. The maximum Gasteiger partial charge on any atom is 0.279 e. The van der Waals surface area contributed by atoms with Crippen LogP contribution in [0, 0.1) is 0 Å². The Morgan fingerprint density at radius 1 is 1.35 bits per heavy atom. The molecule has 3 N–H and O–H groups in total. The molecule has 0 aliphatic carbocycles. The van der Waals surface area contributed by atoms with Gasteiger partial charge in [0, 0.05) is 15.7 Å². The molecule has 0 radical (unpaired) electrons. The molecule has 0 spiro atoms. The Morgan fingerprint density at radius 3 is 2.65 bits per heavy atom. The number of hydrogen-bond donors (Lipinski definition) is 2. The zero-order chi connectivity index (χ0) is 14.5. The van der Waals surface area contributed by atoms with Crippen molar-refractivity contribution in [2.75, 3.05) is 11.9 Å². The van der Waals surface area contributed by atoms with Gasteiger partial charge in [0.2, 0.25) is 0 Å². The summed E-state index contributed by atoms with van der Waals surface area (Å²) in [5.74, 6) is 0.713. The van der Waals surface area contributed by atoms with Crippen LogP contribution < -0.4 is 10.6 Å². The minimum absolute atomic E-state index is 0.0821. The van der Waals surface area contributed by atoms with Crippen LogP contribution in [-0.4, -0.2) is 12.5 Å². The molecule has 106 valence electrons. The monoisotopic (exact) mass is 313 g/mol. The van der Waals surface area contributed by atoms with Crippen molar-refractivity contribution in [3.05, 3.63) is 52.4 Å². The van der Waals surface area contributed by atoms with E-state index >= 15 is 0 Å². The van der Waals surface area contributed by atoms with Crippen LogP contribution in [0.15, 0.2) is 41.0 Å². The van der Waals surface area contributed by atoms with Crippen LogP contribution in [0.4, 0.5) is 5.69 Å². The number of carbonyl (C=O) groups is 1. The Morgan fingerprint density at radius 2 is 2.05 bits per heavy atom. The molecule has 1 aromatic carbocycles. The molecule has 0 saturated carbocycles. The van der Waals surface area contributed by atoms with Crippen molar-refractivity contribution < 1.29 is 14.5 Å². The molecule has 0 bridgehead atoms. The molecule has 2 rings (SSSR count). The van der Waals surface area contributed by atoms with Crippen LogP contribution in [-0.2, 0) is 4.79 Å². The Labute approximate surface area is 127 Å². The highest BCUT2D eigenvalue weighted by atomic mass is 35.5. The molecule has 20 heavy (non-hydrogen) atoms. The molecule has 0 saturated heterocycles. The van der Waals surface area contributed by atoms with Crippen molar-refractivity contribution in [3.63, 3.8) is 0 Å². The van der Waals surface area contributed by atoms with Crippen LogP contribution in [0.3, 0.4) is 0 Å². The molecule has 0 aliphatic rings. The summed E-state index contributed by atoms with van der Waals surface area (Å²) in [5, 5.41) is 5.62. The Hall–Kier alpha value is -1.49. The van der Waals surface area contributed by atoms with Gasteiger partial charge in [0.1, 0.15) is 6.04 Å². The van der Waals surface area contributed by atoms with Crippen LogP contribution >= 0.6 is 23.2 Å². The van der Waals surface area contributed by atoms with E-state index in [0.29, 0.717) is 15.7 Å². The van der Waals surface area contributed by atoms with E-state index in [1.807, 2.05) is 24.4 Å². The average Bonchev–Trinajstić information content (AvgIpc) is 2.88. The van der Waals surface area contributed by atoms with E-state index in [-0.39, 0.29) is 18.5 Å². The quantitative estimate of drug-likeness (QED) is 0.891. The first kappa shape index (κ1) is 14.9. The number of anilines is 1. The number of amides is 1. The summed E-state index contributed by atoms with van der Waals surface area (Å²) in [6, 6.07) is 8.72. The highest BCUT2D eigenvalue weighted by Gasteiger charge is 2.13. The van der Waals surface area contributed by atoms with Gasteiger partial charge in [0.25, 0.3) is 5.91 Å². The lowest BCUT2D eigenvalue weighted by molar-refractivity contribution is -0.684. The first-order valence-corrected chi connectivity index (χ1v) is 6.93. The zero-order valence-corrected chi connectivity index (χ0v) is 12.4. The highest BCUT2D eigenvalue weighted by Crippen LogP contribution is 2.22. The van der Waals surface area contributed by atoms with E-state index < -0.39 is 0 Å². The van der Waals surface area contributed by atoms with E-state index in [1.165, 1.54) is 0 Å². The molecule has 0 unspecified atom stereocenters. The molecule has 6 heteroatoms. The lowest BCUT2D eigenvalue weighted by Gasteiger charge is -2.09. The number of benzene rings is 1. The van der Waals surface area contributed by atoms with Crippen molar-refractivity contribution in [3.8, 4) is 0 Å². The van der Waals surface area contributed by atoms with Crippen molar-refractivity contribution in [1.29, 1.82) is 0 Å². The number of quaternary nitrogens is 1. The molecular weight excluding hydrogens is 299 g/mol. The van der Waals surface area contributed by atoms with Gasteiger partial charge >= 0.3 is 0 Å². The van der Waals surface area contributed by atoms with Gasteiger partial charge in [-0.15, -0.1) is 0 Å². The third-order valence-electron chi connectivity index (χ3n) is 2.80. The minimum Gasteiger partial charge on any atom is -0.463 e. The number of nitrogens with one attached hydrogen (secondary N) is 1. The lowest BCUT2D eigenvalue weighted by atomic mass is 10.2. The van der Waals surface area contributed by atoms with Crippen LogP contribution in [0.5, 0.6) is 0 Å². The third kappa shape index (κ3) is 4.27. The zero-order valence-electron chi connectivity index (χ0n) is 10.9. The van der Waals surface area contributed by atoms with E-state index in [2.05, 4.69) is 5.32 Å². The minimum atomic E-state index is -0.123. The van der Waals surface area contributed by atoms with Crippen molar-refractivity contribution in [2.45, 2.75) is 13.0 Å². The third-order valence-corrected chi connectivity index (χ3v) is 3.23. The Kier molecular flexibility index (Phi) is 5.06. The van der Waals surface area contributed by atoms with Crippen molar-refractivity contribution in [1.82, 2.24) is 0 Å². The lowest BCUT2D eigenvalue weighted by Crippen LogP contribution is -2.86. The number of nitrogens with two attached hydrogens (primary N) is 1. The molecule has 1 aromatic heterocycles. The maximum absolute atomic E-state index is 11.8. The Bertz CT molecular complexity index is 565. The molecule has 0 fully saturated rings. The van der Waals surface area contributed by atoms with Crippen LogP contribution in [0.1, 0.15) is 18.7 Å². The van der Waals surface area contributed by atoms with Crippen LogP contribution in [0.25, 0.3) is 0 Å². The number of rotatable bonds is 5. The van der Waals surface area contributed by atoms with Gasteiger partial charge in [-0.2, -0.15) is 0 Å². The maximum atomic E-state index is 11.8. The summed E-state index contributed by atoms with van der Waals surface area (Å²) in [6.07, 6.45) is 1.62. The molecule has 1 amide bonds. The van der Waals surface area contributed by atoms with E-state index in [0.717, 1.165) is 5.76 Å². The van der Waals surface area contributed by atoms with Crippen molar-refractivity contribution >= 4 is 34.8 Å². The summed E-state index contributed by atoms with van der Waals surface area (Å²) in [4.78, 5) is 11.8. The predicted molar refractivity (Wildman–Crippen MR) is 79.0 cm³/mol. The second-order valence-corrected chi connectivity index (χ2v) is 5.32. The predicted octanol–water partition coefficient (Wildman–Crippen LogP) is 2.85. The van der Waals surface area contributed by atoms with Gasteiger partial charge in [0.05, 0.1) is 6.26 Å². The SMILES string of the molecule is C[C@H]([NH2+]CC(=O)Nc1cc(Cl)cc(Cl)c1)c1ccco1. The Balaban J connectivity index is 1.86. The summed E-state index contributed by atoms with van der Waals surface area (Å²) < 4.78 is 5.28. The van der Waals surface area contributed by atoms with Gasteiger partial charge in [0.15, 0.2) is 12.3 Å². The summed E-state index contributed by atoms with van der Waals surface area (Å²) >= 11 is 11.7. The molecule has 0 aliphatic heterocycles. The second-order valence-electron chi connectivity index (χ2n) is 4.45. The van der Waals surface area contributed by atoms with Crippen molar-refractivity contribution in [2.24, 2.45) is 0 Å². The van der Waals surface area contributed by atoms with Gasteiger partial charge in [-0.1, -0.05) is 23.2 Å². The largest absolute Gasteiger partial charge is 0.463 e. The van der Waals surface area contributed by atoms with E-state index in [1.54, 1.807) is 24.5 Å². The topological polar surface area (TPSA) is 58.9 Å². The normalized spacial score (nSPS) is 12.2. The average molecular weight is 314 g/mol. The van der Waals surface area contributed by atoms with Gasteiger partial charge in [-0.25, -0.2) is 0 Å². The number of hydrogen-bond acceptors (Lipinski definition) is 2. The van der Waals surface area contributed by atoms with Crippen LogP contribution in [0.2, 0.25) is 10.0 Å². The first-order valence-electron chi connectivity index (χ1n) is 6.17. The fourth-order valence-corrected chi connectivity index (χ4v) is 2.31. The fraction of sp³-hybridized carbons (Fsp3) is 0.214. The standard InChI is InChI=1S/C14H14Cl2N2O2/c1-9(13-3-2-4-20-13)17-8-14(19)18-12-6-10(15)5-11(16)7-12/h2-7,9,17H,8H2,1H3,(H,18,19)/p+1/t9-/m0/s1.